The van der Waals surface area contributed by atoms with Crippen LogP contribution in [0.25, 0.3) is 11.1 Å². The number of benzene rings is 2. The van der Waals surface area contributed by atoms with Gasteiger partial charge in [-0.25, -0.2) is 18.7 Å². The predicted octanol–water partition coefficient (Wildman–Crippen LogP) is 3.71. The summed E-state index contributed by atoms with van der Waals surface area (Å²) >= 11 is 0. The Morgan fingerprint density at radius 2 is 2.03 bits per heavy atom. The number of rotatable bonds is 4. The summed E-state index contributed by atoms with van der Waals surface area (Å²) in [6.07, 6.45) is 3.12. The lowest BCUT2D eigenvalue weighted by Crippen LogP contribution is -2.58. The van der Waals surface area contributed by atoms with Gasteiger partial charge in [-0.3, -0.25) is 4.79 Å². The number of oxazole rings is 2. The lowest BCUT2D eigenvalue weighted by atomic mass is 9.65. The van der Waals surface area contributed by atoms with Crippen LogP contribution in [0.4, 0.5) is 8.78 Å². The molecule has 2 aromatic carbocycles. The van der Waals surface area contributed by atoms with E-state index in [0.717, 1.165) is 11.6 Å². The second-order valence-electron chi connectivity index (χ2n) is 9.07. The molecule has 9 heteroatoms. The fourth-order valence-corrected chi connectivity index (χ4v) is 5.65. The third-order valence-electron chi connectivity index (χ3n) is 7.13. The van der Waals surface area contributed by atoms with E-state index >= 15 is 0 Å². The summed E-state index contributed by atoms with van der Waals surface area (Å²) in [5.41, 5.74) is 2.30. The molecule has 4 heterocycles. The molecule has 2 fully saturated rings. The third kappa shape index (κ3) is 3.14. The van der Waals surface area contributed by atoms with Crippen molar-refractivity contribution >= 4 is 17.0 Å². The number of aromatic nitrogens is 2. The lowest BCUT2D eigenvalue weighted by Gasteiger charge is -2.45. The number of nitrogens with zero attached hydrogens (tertiary/aromatic N) is 3. The monoisotopic (exact) mass is 464 g/mol. The van der Waals surface area contributed by atoms with E-state index in [1.54, 1.807) is 6.92 Å². The number of amides is 1. The van der Waals surface area contributed by atoms with Crippen LogP contribution in [-0.4, -0.2) is 39.9 Å². The molecule has 2 aliphatic heterocycles. The number of likely N-dealkylation sites (tertiary alicyclic amines) is 1. The minimum atomic E-state index is -1.01. The van der Waals surface area contributed by atoms with Gasteiger partial charge in [0.25, 0.3) is 0 Å². The van der Waals surface area contributed by atoms with E-state index in [0.29, 0.717) is 47.9 Å². The Balaban J connectivity index is 1.45. The third-order valence-corrected chi connectivity index (χ3v) is 7.13. The van der Waals surface area contributed by atoms with Crippen molar-refractivity contribution in [2.24, 2.45) is 5.92 Å². The van der Waals surface area contributed by atoms with Crippen LogP contribution < -0.4 is 5.32 Å². The molecular formula is C25H22F2N4O3. The van der Waals surface area contributed by atoms with Crippen molar-refractivity contribution in [3.63, 3.8) is 0 Å². The molecule has 7 nitrogen and oxygen atoms in total. The smallest absolute Gasteiger partial charge is 0.223 e. The average molecular weight is 464 g/mol. The van der Waals surface area contributed by atoms with Crippen molar-refractivity contribution in [3.8, 4) is 0 Å². The van der Waals surface area contributed by atoms with Crippen molar-refractivity contribution in [1.82, 2.24) is 20.2 Å². The number of carbonyl (C=O) groups excluding carboxylic acids is 1. The maximum Gasteiger partial charge on any atom is 0.223 e. The molecule has 3 unspecified atom stereocenters. The van der Waals surface area contributed by atoms with Crippen LogP contribution in [0.1, 0.15) is 29.1 Å². The molecule has 2 saturated heterocycles. The van der Waals surface area contributed by atoms with Gasteiger partial charge >= 0.3 is 0 Å². The van der Waals surface area contributed by atoms with E-state index in [4.69, 9.17) is 8.83 Å². The highest BCUT2D eigenvalue weighted by atomic mass is 19.1. The molecule has 2 aromatic heterocycles. The Morgan fingerprint density at radius 3 is 2.79 bits per heavy atom. The highest BCUT2D eigenvalue weighted by Gasteiger charge is 2.57. The number of nitrogens with one attached hydrogen (secondary N) is 1. The van der Waals surface area contributed by atoms with E-state index in [2.05, 4.69) is 15.3 Å². The van der Waals surface area contributed by atoms with Gasteiger partial charge in [-0.1, -0.05) is 12.1 Å². The summed E-state index contributed by atoms with van der Waals surface area (Å²) in [6.45, 7) is 3.04. The molecule has 2 aliphatic rings. The van der Waals surface area contributed by atoms with Crippen molar-refractivity contribution in [1.29, 1.82) is 0 Å². The van der Waals surface area contributed by atoms with Crippen molar-refractivity contribution in [2.45, 2.75) is 31.3 Å². The van der Waals surface area contributed by atoms with Gasteiger partial charge in [-0.05, 0) is 30.7 Å². The van der Waals surface area contributed by atoms with Crippen LogP contribution in [0.3, 0.4) is 0 Å². The molecule has 0 bridgehead atoms. The first-order valence-electron chi connectivity index (χ1n) is 11.2. The summed E-state index contributed by atoms with van der Waals surface area (Å²) in [7, 11) is 0. The normalized spacial score (nSPS) is 24.7. The highest BCUT2D eigenvalue weighted by molar-refractivity contribution is 5.82. The average Bonchev–Trinajstić information content (AvgIpc) is 3.53. The second kappa shape index (κ2) is 7.73. The molecule has 0 spiro atoms. The van der Waals surface area contributed by atoms with Gasteiger partial charge in [-0.15, -0.1) is 0 Å². The molecule has 4 aromatic rings. The summed E-state index contributed by atoms with van der Waals surface area (Å²) < 4.78 is 40.0. The molecule has 3 atom stereocenters. The molecule has 0 aliphatic carbocycles. The highest BCUT2D eigenvalue weighted by Crippen LogP contribution is 2.48. The summed E-state index contributed by atoms with van der Waals surface area (Å²) in [5, 5.41) is 3.39. The summed E-state index contributed by atoms with van der Waals surface area (Å²) in [5.74, 6) is -1.34. The van der Waals surface area contributed by atoms with Gasteiger partial charge in [0, 0.05) is 49.6 Å². The zero-order valence-electron chi connectivity index (χ0n) is 18.4. The molecule has 0 saturated carbocycles. The topological polar surface area (TPSA) is 84.4 Å². The van der Waals surface area contributed by atoms with E-state index in [1.165, 1.54) is 24.8 Å². The molecular weight excluding hydrogens is 442 g/mol. The SMILES string of the molecule is Cc1coc(C2(c3cc(F)cc(F)c3)CNCC3C2CC(=O)N3Cc2cccc3ocnc23)n1. The fourth-order valence-electron chi connectivity index (χ4n) is 5.65. The zero-order valence-corrected chi connectivity index (χ0v) is 18.4. The number of carbonyl (C=O) groups is 1. The number of piperidine rings is 1. The van der Waals surface area contributed by atoms with Crippen LogP contribution in [0.15, 0.2) is 57.9 Å². The summed E-state index contributed by atoms with van der Waals surface area (Å²) in [6, 6.07) is 8.87. The molecule has 1 amide bonds. The quantitative estimate of drug-likeness (QED) is 0.496. The Kier molecular flexibility index (Phi) is 4.77. The minimum Gasteiger partial charge on any atom is -0.448 e. The predicted molar refractivity (Wildman–Crippen MR) is 118 cm³/mol. The van der Waals surface area contributed by atoms with Crippen molar-refractivity contribution in [2.75, 3.05) is 13.1 Å². The van der Waals surface area contributed by atoms with Crippen LogP contribution in [0.2, 0.25) is 0 Å². The number of hydrogen-bond donors (Lipinski definition) is 1. The van der Waals surface area contributed by atoms with Crippen LogP contribution in [0.5, 0.6) is 0 Å². The Hall–Kier alpha value is -3.59. The molecule has 6 rings (SSSR count). The first-order chi connectivity index (χ1) is 16.5. The van der Waals surface area contributed by atoms with Gasteiger partial charge in [-0.2, -0.15) is 0 Å². The van der Waals surface area contributed by atoms with E-state index in [-0.39, 0.29) is 24.3 Å². The van der Waals surface area contributed by atoms with E-state index in [1.807, 2.05) is 23.1 Å². The molecule has 1 N–H and O–H groups in total. The fraction of sp³-hybridized carbons (Fsp3) is 0.320. The van der Waals surface area contributed by atoms with E-state index < -0.39 is 17.0 Å². The Labute approximate surface area is 193 Å². The maximum absolute atomic E-state index is 14.4. The standard InChI is InChI=1S/C25H22F2N4O3/c1-14-11-33-24(30-14)25(16-5-17(26)7-18(27)6-16)12-28-9-20-19(25)8-22(32)31(20)10-15-3-2-4-21-23(15)29-13-34-21/h2-7,11,13,19-20,28H,8-10,12H2,1H3. The lowest BCUT2D eigenvalue weighted by molar-refractivity contribution is -0.129. The largest absolute Gasteiger partial charge is 0.448 e. The number of aryl methyl sites for hydroxylation is 1. The molecule has 174 valence electrons. The number of para-hydroxylation sites is 1. The van der Waals surface area contributed by atoms with Crippen molar-refractivity contribution in [3.05, 3.63) is 83.4 Å². The summed E-state index contributed by atoms with van der Waals surface area (Å²) in [4.78, 5) is 24.1. The molecule has 34 heavy (non-hydrogen) atoms. The van der Waals surface area contributed by atoms with Gasteiger partial charge < -0.3 is 19.1 Å². The number of hydrogen-bond acceptors (Lipinski definition) is 6. The van der Waals surface area contributed by atoms with Crippen LogP contribution >= 0.6 is 0 Å². The minimum absolute atomic E-state index is 0.0382. The van der Waals surface area contributed by atoms with Gasteiger partial charge in [0.05, 0.1) is 11.1 Å². The van der Waals surface area contributed by atoms with Gasteiger partial charge in [0.15, 0.2) is 12.0 Å². The van der Waals surface area contributed by atoms with Crippen LogP contribution in [0, 0.1) is 24.5 Å². The number of fused-ring (bicyclic) bond motifs is 2. The van der Waals surface area contributed by atoms with E-state index in [9.17, 15) is 13.6 Å². The first-order valence-corrected chi connectivity index (χ1v) is 11.2. The second-order valence-corrected chi connectivity index (χ2v) is 9.07. The maximum atomic E-state index is 14.4. The zero-order chi connectivity index (χ0) is 23.4. The van der Waals surface area contributed by atoms with Gasteiger partial charge in [0.2, 0.25) is 11.8 Å². The van der Waals surface area contributed by atoms with Crippen LogP contribution in [-0.2, 0) is 16.8 Å². The molecule has 0 radical (unpaired) electrons. The number of halogens is 2. The Bertz CT molecular complexity index is 1380. The van der Waals surface area contributed by atoms with Gasteiger partial charge in [0.1, 0.15) is 23.4 Å². The first kappa shape index (κ1) is 21.0. The van der Waals surface area contributed by atoms with Crippen molar-refractivity contribution < 1.29 is 22.4 Å². The Morgan fingerprint density at radius 1 is 1.21 bits per heavy atom.